The second kappa shape index (κ2) is 10.4. The Morgan fingerprint density at radius 2 is 0.867 bits per heavy atom. The zero-order valence-corrected chi connectivity index (χ0v) is 24.6. The molecule has 9 aromatic rings. The van der Waals surface area contributed by atoms with Crippen molar-refractivity contribution in [2.24, 2.45) is 0 Å². The summed E-state index contributed by atoms with van der Waals surface area (Å²) in [4.78, 5) is 0. The number of hydrogen-bond acceptors (Lipinski definition) is 1. The van der Waals surface area contributed by atoms with Gasteiger partial charge in [0.1, 0.15) is 11.2 Å². The van der Waals surface area contributed by atoms with Crippen molar-refractivity contribution >= 4 is 43.5 Å². The van der Waals surface area contributed by atoms with E-state index in [9.17, 15) is 0 Å². The average molecular weight is 573 g/mol. The minimum atomic E-state index is 0.899. The second-order valence-electron chi connectivity index (χ2n) is 11.6. The Morgan fingerprint density at radius 3 is 1.60 bits per heavy atom. The van der Waals surface area contributed by atoms with E-state index >= 15 is 0 Å². The van der Waals surface area contributed by atoms with Gasteiger partial charge in [-0.05, 0) is 84.3 Å². The fourth-order valence-electron chi connectivity index (χ4n) is 7.13. The van der Waals surface area contributed by atoms with Gasteiger partial charge in [0.05, 0.1) is 0 Å². The Balaban J connectivity index is 1.42. The number of hydrogen-bond donors (Lipinski definition) is 0. The van der Waals surface area contributed by atoms with Gasteiger partial charge < -0.3 is 4.42 Å². The molecule has 9 rings (SSSR count). The normalized spacial score (nSPS) is 11.6. The molecule has 0 saturated carbocycles. The topological polar surface area (TPSA) is 13.1 Å². The molecular weight excluding hydrogens is 544 g/mol. The molecule has 8 aromatic carbocycles. The lowest BCUT2D eigenvalue weighted by atomic mass is 9.82. The van der Waals surface area contributed by atoms with Crippen molar-refractivity contribution in [1.82, 2.24) is 0 Å². The van der Waals surface area contributed by atoms with Gasteiger partial charge in [-0.15, -0.1) is 0 Å². The smallest absolute Gasteiger partial charge is 0.136 e. The van der Waals surface area contributed by atoms with Crippen LogP contribution >= 0.6 is 0 Å². The van der Waals surface area contributed by atoms with E-state index in [0.717, 1.165) is 27.5 Å². The molecule has 1 heterocycles. The lowest BCUT2D eigenvalue weighted by molar-refractivity contribution is 0.669. The molecule has 0 atom stereocenters. The van der Waals surface area contributed by atoms with Crippen LogP contribution in [-0.4, -0.2) is 0 Å². The fourth-order valence-corrected chi connectivity index (χ4v) is 7.13. The first-order chi connectivity index (χ1) is 22.3. The lowest BCUT2D eigenvalue weighted by Crippen LogP contribution is -1.93. The molecule has 0 amide bonds. The van der Waals surface area contributed by atoms with Crippen LogP contribution in [0.1, 0.15) is 0 Å². The van der Waals surface area contributed by atoms with Crippen LogP contribution in [0.2, 0.25) is 0 Å². The van der Waals surface area contributed by atoms with Gasteiger partial charge in [0.15, 0.2) is 0 Å². The molecule has 0 radical (unpaired) electrons. The highest BCUT2D eigenvalue weighted by Crippen LogP contribution is 2.49. The van der Waals surface area contributed by atoms with Gasteiger partial charge in [-0.2, -0.15) is 0 Å². The van der Waals surface area contributed by atoms with Crippen LogP contribution in [0.3, 0.4) is 0 Å². The molecule has 0 aliphatic carbocycles. The summed E-state index contributed by atoms with van der Waals surface area (Å²) in [6.07, 6.45) is 0. The Hall–Kier alpha value is -5.92. The Morgan fingerprint density at radius 1 is 0.289 bits per heavy atom. The van der Waals surface area contributed by atoms with Crippen molar-refractivity contribution < 1.29 is 4.42 Å². The number of rotatable bonds is 4. The molecule has 45 heavy (non-hydrogen) atoms. The molecule has 0 spiro atoms. The summed E-state index contributed by atoms with van der Waals surface area (Å²) in [6.45, 7) is 0. The van der Waals surface area contributed by atoms with Crippen LogP contribution in [0.5, 0.6) is 0 Å². The van der Waals surface area contributed by atoms with Crippen LogP contribution in [0.15, 0.2) is 174 Å². The first-order valence-electron chi connectivity index (χ1n) is 15.4. The van der Waals surface area contributed by atoms with Crippen LogP contribution in [0.4, 0.5) is 0 Å². The van der Waals surface area contributed by atoms with Gasteiger partial charge in [0, 0.05) is 10.8 Å². The zero-order valence-electron chi connectivity index (χ0n) is 24.6. The Labute approximate surface area is 261 Å². The van der Waals surface area contributed by atoms with E-state index in [1.165, 1.54) is 60.5 Å². The fraction of sp³-hybridized carbons (Fsp3) is 0. The molecule has 0 fully saturated rings. The summed E-state index contributed by atoms with van der Waals surface area (Å²) < 4.78 is 6.59. The second-order valence-corrected chi connectivity index (χ2v) is 11.6. The Bertz CT molecular complexity index is 2510. The number of furan rings is 1. The largest absolute Gasteiger partial charge is 0.456 e. The van der Waals surface area contributed by atoms with Crippen molar-refractivity contribution in [3.05, 3.63) is 170 Å². The van der Waals surface area contributed by atoms with Crippen molar-refractivity contribution in [1.29, 1.82) is 0 Å². The molecule has 0 bridgehead atoms. The first-order valence-corrected chi connectivity index (χ1v) is 15.4. The third-order valence-corrected chi connectivity index (χ3v) is 9.07. The summed E-state index contributed by atoms with van der Waals surface area (Å²) in [7, 11) is 0. The van der Waals surface area contributed by atoms with Crippen molar-refractivity contribution in [2.75, 3.05) is 0 Å². The summed E-state index contributed by atoms with van der Waals surface area (Å²) >= 11 is 0. The predicted octanol–water partition coefficient (Wildman–Crippen LogP) is 12.6. The maximum Gasteiger partial charge on any atom is 0.136 e. The maximum atomic E-state index is 6.59. The molecule has 0 unspecified atom stereocenters. The average Bonchev–Trinajstić information content (AvgIpc) is 3.50. The van der Waals surface area contributed by atoms with E-state index in [4.69, 9.17) is 4.42 Å². The zero-order chi connectivity index (χ0) is 29.7. The van der Waals surface area contributed by atoms with Crippen LogP contribution in [-0.2, 0) is 0 Å². The SMILES string of the molecule is c1ccc(-c2ccc3c(c2)oc2cccc(-c4c5ccccc5c(-c5ccccc5)c5c(-c6ccccc6)cccc45)c23)cc1. The third-order valence-electron chi connectivity index (χ3n) is 9.07. The monoisotopic (exact) mass is 572 g/mol. The minimum absolute atomic E-state index is 0.899. The molecule has 0 aliphatic rings. The standard InChI is InChI=1S/C44H28O/c1-4-14-29(15-5-1)32-26-27-36-40(28-32)45-39-25-13-24-37(43(36)39)42-35-21-11-10-20-34(35)41(31-18-8-3-9-19-31)44-33(22-12-23-38(42)44)30-16-6-2-7-17-30/h1-28H. The van der Waals surface area contributed by atoms with E-state index in [2.05, 4.69) is 170 Å². The van der Waals surface area contributed by atoms with E-state index in [1.54, 1.807) is 0 Å². The Kier molecular flexibility index (Phi) is 5.89. The third kappa shape index (κ3) is 4.09. The molecule has 1 nitrogen and oxygen atoms in total. The number of fused-ring (bicyclic) bond motifs is 5. The van der Waals surface area contributed by atoms with Gasteiger partial charge in [0.2, 0.25) is 0 Å². The molecule has 1 aromatic heterocycles. The van der Waals surface area contributed by atoms with E-state index in [1.807, 2.05) is 0 Å². The highest BCUT2D eigenvalue weighted by atomic mass is 16.3. The van der Waals surface area contributed by atoms with Crippen molar-refractivity contribution in [2.45, 2.75) is 0 Å². The molecule has 0 saturated heterocycles. The van der Waals surface area contributed by atoms with Crippen molar-refractivity contribution in [3.63, 3.8) is 0 Å². The summed E-state index contributed by atoms with van der Waals surface area (Å²) in [5.41, 5.74) is 11.5. The molecule has 210 valence electrons. The van der Waals surface area contributed by atoms with Gasteiger partial charge in [-0.25, -0.2) is 0 Å². The van der Waals surface area contributed by atoms with Gasteiger partial charge in [0.25, 0.3) is 0 Å². The maximum absolute atomic E-state index is 6.59. The highest BCUT2D eigenvalue weighted by Gasteiger charge is 2.22. The lowest BCUT2D eigenvalue weighted by Gasteiger charge is -2.20. The van der Waals surface area contributed by atoms with Crippen LogP contribution in [0, 0.1) is 0 Å². The van der Waals surface area contributed by atoms with Crippen LogP contribution in [0.25, 0.3) is 88.0 Å². The summed E-state index contributed by atoms with van der Waals surface area (Å²) in [5, 5.41) is 7.25. The summed E-state index contributed by atoms with van der Waals surface area (Å²) in [6, 6.07) is 60.9. The first kappa shape index (κ1) is 25.6. The minimum Gasteiger partial charge on any atom is -0.456 e. The van der Waals surface area contributed by atoms with Crippen molar-refractivity contribution in [3.8, 4) is 44.5 Å². The van der Waals surface area contributed by atoms with E-state index in [-0.39, 0.29) is 0 Å². The molecule has 1 heteroatoms. The molecular formula is C44H28O. The molecule has 0 aliphatic heterocycles. The predicted molar refractivity (Wildman–Crippen MR) is 190 cm³/mol. The van der Waals surface area contributed by atoms with E-state index in [0.29, 0.717) is 0 Å². The summed E-state index contributed by atoms with van der Waals surface area (Å²) in [5.74, 6) is 0. The number of benzene rings is 8. The highest BCUT2D eigenvalue weighted by molar-refractivity contribution is 6.27. The van der Waals surface area contributed by atoms with Gasteiger partial charge in [-0.1, -0.05) is 152 Å². The quantitative estimate of drug-likeness (QED) is 0.191. The molecule has 0 N–H and O–H groups in total. The van der Waals surface area contributed by atoms with Gasteiger partial charge >= 0.3 is 0 Å². The van der Waals surface area contributed by atoms with Gasteiger partial charge in [-0.3, -0.25) is 0 Å². The van der Waals surface area contributed by atoms with Crippen LogP contribution < -0.4 is 0 Å². The van der Waals surface area contributed by atoms with E-state index < -0.39 is 0 Å².